The summed E-state index contributed by atoms with van der Waals surface area (Å²) in [6.07, 6.45) is 2.39. The minimum Gasteiger partial charge on any atom is -0.478 e. The Balaban J connectivity index is 1.83. The summed E-state index contributed by atoms with van der Waals surface area (Å²) in [6, 6.07) is 14.3. The first-order chi connectivity index (χ1) is 13.8. The van der Waals surface area contributed by atoms with Crippen LogP contribution in [0.1, 0.15) is 54.3 Å². The molecule has 0 saturated carbocycles. The van der Waals surface area contributed by atoms with Gasteiger partial charge < -0.3 is 5.11 Å². The molecule has 0 amide bonds. The van der Waals surface area contributed by atoms with Gasteiger partial charge in [0.2, 0.25) is 5.82 Å². The van der Waals surface area contributed by atoms with Crippen molar-refractivity contribution in [2.75, 3.05) is 0 Å². The Kier molecular flexibility index (Phi) is 6.06. The van der Waals surface area contributed by atoms with E-state index in [-0.39, 0.29) is 5.56 Å². The van der Waals surface area contributed by atoms with Gasteiger partial charge in [-0.2, -0.15) is 8.78 Å². The van der Waals surface area contributed by atoms with Crippen molar-refractivity contribution in [2.45, 2.75) is 45.6 Å². The molecule has 3 aromatic rings. The van der Waals surface area contributed by atoms with Crippen LogP contribution in [0.25, 0.3) is 11.1 Å². The van der Waals surface area contributed by atoms with Crippen LogP contribution in [0.5, 0.6) is 0 Å². The zero-order chi connectivity index (χ0) is 21.0. The third-order valence-corrected chi connectivity index (χ3v) is 4.62. The van der Waals surface area contributed by atoms with Crippen molar-refractivity contribution in [3.05, 3.63) is 71.3 Å². The molecule has 0 radical (unpaired) electrons. The Labute approximate surface area is 168 Å². The SMILES string of the molecule is CCCCc1nc(C(C)(F)F)nn1Cc1ccc(-c2cccc(C(=O)O)c2)cc1. The fourth-order valence-electron chi connectivity index (χ4n) is 3.01. The van der Waals surface area contributed by atoms with Crippen LogP contribution in [0.3, 0.4) is 0 Å². The zero-order valence-electron chi connectivity index (χ0n) is 16.4. The van der Waals surface area contributed by atoms with Crippen LogP contribution in [0, 0.1) is 0 Å². The van der Waals surface area contributed by atoms with Gasteiger partial charge in [0, 0.05) is 13.3 Å². The van der Waals surface area contributed by atoms with Crippen molar-refractivity contribution in [2.24, 2.45) is 0 Å². The average molecular weight is 399 g/mol. The van der Waals surface area contributed by atoms with Gasteiger partial charge in [0.25, 0.3) is 0 Å². The largest absolute Gasteiger partial charge is 0.478 e. The second-order valence-corrected chi connectivity index (χ2v) is 7.08. The van der Waals surface area contributed by atoms with Crippen LogP contribution in [0.15, 0.2) is 48.5 Å². The van der Waals surface area contributed by atoms with E-state index in [2.05, 4.69) is 10.1 Å². The van der Waals surface area contributed by atoms with Gasteiger partial charge in [0.1, 0.15) is 5.82 Å². The Morgan fingerprint density at radius 1 is 1.14 bits per heavy atom. The summed E-state index contributed by atoms with van der Waals surface area (Å²) in [4.78, 5) is 15.2. The molecule has 5 nitrogen and oxygen atoms in total. The van der Waals surface area contributed by atoms with E-state index in [0.29, 0.717) is 18.8 Å². The molecular formula is C22H23F2N3O2. The molecule has 0 aliphatic rings. The van der Waals surface area contributed by atoms with Crippen molar-refractivity contribution >= 4 is 5.97 Å². The summed E-state index contributed by atoms with van der Waals surface area (Å²) < 4.78 is 28.9. The van der Waals surface area contributed by atoms with Crippen LogP contribution in [0.2, 0.25) is 0 Å². The third-order valence-electron chi connectivity index (χ3n) is 4.62. The highest BCUT2D eigenvalue weighted by Gasteiger charge is 2.31. The first-order valence-corrected chi connectivity index (χ1v) is 9.52. The fraction of sp³-hybridized carbons (Fsp3) is 0.318. The number of carbonyl (C=O) groups is 1. The molecule has 29 heavy (non-hydrogen) atoms. The molecule has 0 fully saturated rings. The standard InChI is InChI=1S/C22H23F2N3O2/c1-3-4-8-19-25-21(22(2,23)24)26-27(19)14-15-9-11-16(12-10-15)17-6-5-7-18(13-17)20(28)29/h5-7,9-13H,3-4,8,14H2,1-2H3,(H,28,29). The normalized spacial score (nSPS) is 11.6. The average Bonchev–Trinajstić information content (AvgIpc) is 3.10. The summed E-state index contributed by atoms with van der Waals surface area (Å²) in [7, 11) is 0. The molecule has 0 atom stereocenters. The number of hydrogen-bond acceptors (Lipinski definition) is 3. The topological polar surface area (TPSA) is 68.0 Å². The van der Waals surface area contributed by atoms with Gasteiger partial charge in [0.05, 0.1) is 12.1 Å². The number of benzene rings is 2. The van der Waals surface area contributed by atoms with Gasteiger partial charge in [-0.05, 0) is 35.2 Å². The monoisotopic (exact) mass is 399 g/mol. The molecule has 3 rings (SSSR count). The van der Waals surface area contributed by atoms with Gasteiger partial charge in [-0.15, -0.1) is 5.10 Å². The summed E-state index contributed by atoms with van der Waals surface area (Å²) in [6.45, 7) is 3.18. The van der Waals surface area contributed by atoms with E-state index in [4.69, 9.17) is 5.11 Å². The number of carboxylic acid groups (broad SMARTS) is 1. The minimum atomic E-state index is -3.08. The lowest BCUT2D eigenvalue weighted by molar-refractivity contribution is 0.00755. The highest BCUT2D eigenvalue weighted by atomic mass is 19.3. The summed E-state index contributed by atoms with van der Waals surface area (Å²) >= 11 is 0. The molecule has 0 aliphatic carbocycles. The van der Waals surface area contributed by atoms with Gasteiger partial charge >= 0.3 is 11.9 Å². The highest BCUT2D eigenvalue weighted by Crippen LogP contribution is 2.25. The third kappa shape index (κ3) is 5.04. The van der Waals surface area contributed by atoms with Gasteiger partial charge in [0.15, 0.2) is 0 Å². The van der Waals surface area contributed by atoms with Gasteiger partial charge in [-0.1, -0.05) is 49.7 Å². The lowest BCUT2D eigenvalue weighted by Gasteiger charge is -2.08. The number of nitrogens with zero attached hydrogens (tertiary/aromatic N) is 3. The molecule has 0 aliphatic heterocycles. The lowest BCUT2D eigenvalue weighted by Crippen LogP contribution is -2.11. The van der Waals surface area contributed by atoms with Crippen LogP contribution < -0.4 is 0 Å². The van der Waals surface area contributed by atoms with E-state index >= 15 is 0 Å². The van der Waals surface area contributed by atoms with E-state index < -0.39 is 17.7 Å². The molecule has 0 saturated heterocycles. The summed E-state index contributed by atoms with van der Waals surface area (Å²) in [5.74, 6) is -3.95. The van der Waals surface area contributed by atoms with E-state index in [1.54, 1.807) is 22.9 Å². The number of unbranched alkanes of at least 4 members (excludes halogenated alkanes) is 1. The number of aryl methyl sites for hydroxylation is 1. The van der Waals surface area contributed by atoms with Gasteiger partial charge in [-0.25, -0.2) is 14.5 Å². The number of alkyl halides is 2. The second-order valence-electron chi connectivity index (χ2n) is 7.08. The summed E-state index contributed by atoms with van der Waals surface area (Å²) in [5.41, 5.74) is 2.80. The van der Waals surface area contributed by atoms with E-state index in [1.807, 2.05) is 37.3 Å². The van der Waals surface area contributed by atoms with E-state index in [9.17, 15) is 13.6 Å². The molecule has 2 aromatic carbocycles. The molecule has 152 valence electrons. The van der Waals surface area contributed by atoms with Crippen molar-refractivity contribution in [1.29, 1.82) is 0 Å². The molecular weight excluding hydrogens is 376 g/mol. The Morgan fingerprint density at radius 2 is 1.86 bits per heavy atom. The number of carboxylic acids is 1. The molecule has 0 spiro atoms. The lowest BCUT2D eigenvalue weighted by atomic mass is 10.0. The highest BCUT2D eigenvalue weighted by molar-refractivity contribution is 5.89. The van der Waals surface area contributed by atoms with Crippen LogP contribution in [0.4, 0.5) is 8.78 Å². The predicted octanol–water partition coefficient (Wildman–Crippen LogP) is 5.15. The first-order valence-electron chi connectivity index (χ1n) is 9.52. The zero-order valence-corrected chi connectivity index (χ0v) is 16.4. The smallest absolute Gasteiger partial charge is 0.335 e. The summed E-state index contributed by atoms with van der Waals surface area (Å²) in [5, 5.41) is 13.2. The molecule has 1 N–H and O–H groups in total. The van der Waals surface area contributed by atoms with Crippen molar-refractivity contribution < 1.29 is 18.7 Å². The Hall–Kier alpha value is -3.09. The van der Waals surface area contributed by atoms with Crippen molar-refractivity contribution in [1.82, 2.24) is 14.8 Å². The first kappa shape index (κ1) is 20.6. The number of aromatic nitrogens is 3. The van der Waals surface area contributed by atoms with Crippen molar-refractivity contribution in [3.63, 3.8) is 0 Å². The molecule has 7 heteroatoms. The van der Waals surface area contributed by atoms with E-state index in [0.717, 1.165) is 36.5 Å². The predicted molar refractivity (Wildman–Crippen MR) is 106 cm³/mol. The van der Waals surface area contributed by atoms with Crippen LogP contribution >= 0.6 is 0 Å². The quantitative estimate of drug-likeness (QED) is 0.569. The minimum absolute atomic E-state index is 0.225. The molecule has 1 heterocycles. The Bertz CT molecular complexity index is 992. The van der Waals surface area contributed by atoms with Gasteiger partial charge in [-0.3, -0.25) is 0 Å². The maximum absolute atomic E-state index is 13.7. The van der Waals surface area contributed by atoms with Crippen LogP contribution in [-0.4, -0.2) is 25.8 Å². The molecule has 1 aromatic heterocycles. The fourth-order valence-corrected chi connectivity index (χ4v) is 3.01. The molecule has 0 unspecified atom stereocenters. The number of hydrogen-bond donors (Lipinski definition) is 1. The number of aromatic carboxylic acids is 1. The number of rotatable bonds is 8. The second kappa shape index (κ2) is 8.51. The maximum Gasteiger partial charge on any atom is 0.335 e. The maximum atomic E-state index is 13.7. The Morgan fingerprint density at radius 3 is 2.48 bits per heavy atom. The number of halogens is 2. The van der Waals surface area contributed by atoms with Crippen LogP contribution in [-0.2, 0) is 18.9 Å². The van der Waals surface area contributed by atoms with E-state index in [1.165, 1.54) is 0 Å². The van der Waals surface area contributed by atoms with Crippen molar-refractivity contribution in [3.8, 4) is 11.1 Å². The molecule has 0 bridgehead atoms.